The van der Waals surface area contributed by atoms with Gasteiger partial charge >= 0.3 is 56.6 Å². The van der Waals surface area contributed by atoms with E-state index < -0.39 is 84.6 Å². The molecular formula is C23H35Li3N7O17P3S. The van der Waals surface area contributed by atoms with Crippen molar-refractivity contribution >= 4 is 69.1 Å². The van der Waals surface area contributed by atoms with E-state index in [9.17, 15) is 57.9 Å². The number of hydrogen-bond donors (Lipinski definition) is 6. The molecule has 0 aliphatic carbocycles. The van der Waals surface area contributed by atoms with Crippen LogP contribution in [0.3, 0.4) is 0 Å². The van der Waals surface area contributed by atoms with E-state index in [-0.39, 0.29) is 98.2 Å². The average molecular weight is 827 g/mol. The Morgan fingerprint density at radius 3 is 2.31 bits per heavy atom. The molecule has 0 radical (unpaired) electrons. The van der Waals surface area contributed by atoms with Crippen LogP contribution in [0.25, 0.3) is 11.2 Å². The Balaban J connectivity index is 0.00000936. The zero-order chi connectivity index (χ0) is 38.4. The SMILES string of the molecule is CC(=O)SCCNC(=O)CCNC(=O)[C@@H](O)C(C)(C)COP(=O)([O-])OP(=O)([O-])OC[C@H]1O[C@@H](n2cnc3c(N)ncnc32)[C@H](O)[C@@H]1OP(=O)([O-])O.[Li+].[Li+].[Li+]. The van der Waals surface area contributed by atoms with E-state index >= 15 is 0 Å². The molecule has 288 valence electrons. The average Bonchev–Trinajstić information content (AvgIpc) is 3.57. The largest absolute Gasteiger partial charge is 1.00 e. The number of nitrogens with zero attached hydrogens (tertiary/aromatic N) is 4. The number of rotatable bonds is 19. The summed E-state index contributed by atoms with van der Waals surface area (Å²) in [6.07, 6.45) is -7.35. The van der Waals surface area contributed by atoms with Crippen molar-refractivity contribution in [2.75, 3.05) is 37.8 Å². The van der Waals surface area contributed by atoms with Crippen molar-refractivity contribution < 1.29 is 137 Å². The fourth-order valence-electron chi connectivity index (χ4n) is 4.31. The summed E-state index contributed by atoms with van der Waals surface area (Å²) in [6.45, 7) is 1.54. The molecule has 1 saturated heterocycles. The van der Waals surface area contributed by atoms with Crippen LogP contribution >= 0.6 is 35.2 Å². The van der Waals surface area contributed by atoms with Crippen LogP contribution in [0.5, 0.6) is 0 Å². The second-order valence-corrected chi connectivity index (χ2v) is 16.7. The second-order valence-electron chi connectivity index (χ2n) is 11.3. The van der Waals surface area contributed by atoms with Gasteiger partial charge in [0.05, 0.1) is 19.5 Å². The number of carbonyl (C=O) groups is 3. The maximum absolute atomic E-state index is 12.4. The standard InChI is InChI=1S/C23H38N7O17P3S.3Li/c1-12(31)51-7-6-25-14(32)4-5-26-21(35)18(34)23(2,3)9-44-50(41,42)47-49(39,40)43-8-13-17(46-48(36,37)38)16(33)22(45-13)30-11-29-15-19(24)27-10-28-20(15)30;;;/h10-11,13,16-18,22,33-34H,4-9H2,1-3H3,(H,25,32)(H,26,35)(H,39,40)(H,41,42)(H2,24,27,28)(H2,36,37,38);;;/q;3*+1/p-3/t13-,16-,17-,18-,22-;;;/m1.../s1. The van der Waals surface area contributed by atoms with Crippen LogP contribution in [-0.4, -0.2) is 108 Å². The van der Waals surface area contributed by atoms with Crippen molar-refractivity contribution in [3.8, 4) is 0 Å². The molecule has 1 fully saturated rings. The number of thioether (sulfide) groups is 1. The predicted octanol–water partition coefficient (Wildman–Crippen LogP) is -12.2. The molecule has 2 amide bonds. The number of carbonyl (C=O) groups excluding carboxylic acids is 3. The van der Waals surface area contributed by atoms with Crippen LogP contribution in [0.15, 0.2) is 12.7 Å². The Morgan fingerprint density at radius 2 is 1.70 bits per heavy atom. The molecule has 0 bridgehead atoms. The van der Waals surface area contributed by atoms with Crippen molar-refractivity contribution in [3.05, 3.63) is 12.7 Å². The molecule has 0 spiro atoms. The maximum Gasteiger partial charge on any atom is 1.00 e. The molecule has 31 heteroatoms. The second kappa shape index (κ2) is 22.5. The number of amides is 2. The number of nitrogens with two attached hydrogens (primary N) is 1. The minimum Gasteiger partial charge on any atom is -0.756 e. The summed E-state index contributed by atoms with van der Waals surface area (Å²) < 4.78 is 60.5. The number of aromatic nitrogens is 4. The normalized spacial score (nSPS) is 22.2. The van der Waals surface area contributed by atoms with Gasteiger partial charge in [0, 0.05) is 37.6 Å². The van der Waals surface area contributed by atoms with Gasteiger partial charge in [0.15, 0.2) is 22.8 Å². The van der Waals surface area contributed by atoms with Gasteiger partial charge in [-0.1, -0.05) is 25.6 Å². The molecular weight excluding hydrogens is 792 g/mol. The number of hydrogen-bond acceptors (Lipinski definition) is 21. The molecule has 3 heterocycles. The number of nitrogen functional groups attached to an aromatic ring is 1. The summed E-state index contributed by atoms with van der Waals surface area (Å²) in [6, 6.07) is 0. The third-order valence-electron chi connectivity index (χ3n) is 6.79. The fraction of sp³-hybridized carbons (Fsp3) is 0.652. The van der Waals surface area contributed by atoms with Gasteiger partial charge in [0.25, 0.3) is 23.5 Å². The molecule has 1 aliphatic rings. The maximum atomic E-state index is 12.4. The first kappa shape index (κ1) is 53.4. The summed E-state index contributed by atoms with van der Waals surface area (Å²) in [4.78, 5) is 92.4. The van der Waals surface area contributed by atoms with Crippen molar-refractivity contribution in [2.45, 2.75) is 57.8 Å². The molecule has 7 N–H and O–H groups in total. The Morgan fingerprint density at radius 1 is 1.07 bits per heavy atom. The zero-order valence-electron chi connectivity index (χ0n) is 30.0. The van der Waals surface area contributed by atoms with Gasteiger partial charge in [0.2, 0.25) is 11.8 Å². The van der Waals surface area contributed by atoms with Crippen molar-refractivity contribution in [1.29, 1.82) is 0 Å². The minimum absolute atomic E-state index is 0. The van der Waals surface area contributed by atoms with Gasteiger partial charge in [-0.05, 0) is 0 Å². The van der Waals surface area contributed by atoms with Gasteiger partial charge < -0.3 is 64.5 Å². The summed E-state index contributed by atoms with van der Waals surface area (Å²) in [5.74, 6) is -1.17. The molecule has 3 unspecified atom stereocenters. The number of ether oxygens (including phenoxy) is 1. The minimum atomic E-state index is -5.89. The topological polar surface area (TPSA) is 372 Å². The zero-order valence-corrected chi connectivity index (χ0v) is 33.5. The van der Waals surface area contributed by atoms with Crippen LogP contribution in [-0.2, 0) is 50.7 Å². The third kappa shape index (κ3) is 16.3. The van der Waals surface area contributed by atoms with Gasteiger partial charge in [-0.2, -0.15) is 0 Å². The van der Waals surface area contributed by atoms with E-state index in [1.807, 2.05) is 0 Å². The first-order valence-corrected chi connectivity index (χ1v) is 19.9. The van der Waals surface area contributed by atoms with E-state index in [1.54, 1.807) is 0 Å². The summed E-state index contributed by atoms with van der Waals surface area (Å²) in [5, 5.41) is 25.9. The Labute approximate surface area is 348 Å². The molecule has 2 aromatic rings. The first-order valence-electron chi connectivity index (χ1n) is 14.5. The number of phosphoric acid groups is 3. The third-order valence-corrected chi connectivity index (χ3v) is 10.6. The van der Waals surface area contributed by atoms with Crippen LogP contribution in [0.4, 0.5) is 5.82 Å². The van der Waals surface area contributed by atoms with E-state index in [2.05, 4.69) is 43.5 Å². The Kier molecular flexibility index (Phi) is 22.2. The Hall–Kier alpha value is -0.648. The summed E-state index contributed by atoms with van der Waals surface area (Å²) in [7, 11) is -17.3. The van der Waals surface area contributed by atoms with Crippen molar-refractivity contribution in [3.63, 3.8) is 0 Å². The number of nitrogens with one attached hydrogen (secondary N) is 2. The monoisotopic (exact) mass is 827 g/mol. The predicted molar refractivity (Wildman–Crippen MR) is 166 cm³/mol. The number of anilines is 1. The van der Waals surface area contributed by atoms with Crippen LogP contribution in [0, 0.1) is 5.41 Å². The van der Waals surface area contributed by atoms with Gasteiger partial charge in [-0.25, -0.2) is 19.3 Å². The summed E-state index contributed by atoms with van der Waals surface area (Å²) in [5.41, 5.74) is 4.11. The number of phosphoric ester groups is 3. The van der Waals surface area contributed by atoms with E-state index in [4.69, 9.17) is 10.5 Å². The summed E-state index contributed by atoms with van der Waals surface area (Å²) >= 11 is 1.02. The molecule has 54 heavy (non-hydrogen) atoms. The molecule has 3 rings (SSSR count). The molecule has 0 aromatic carbocycles. The molecule has 24 nitrogen and oxygen atoms in total. The van der Waals surface area contributed by atoms with Crippen LogP contribution in [0.2, 0.25) is 0 Å². The van der Waals surface area contributed by atoms with Gasteiger partial charge in [-0.3, -0.25) is 32.6 Å². The van der Waals surface area contributed by atoms with E-state index in [0.29, 0.717) is 5.75 Å². The number of aliphatic hydroxyl groups excluding tert-OH is 2. The fourth-order valence-corrected chi connectivity index (χ4v) is 7.54. The molecule has 8 atom stereocenters. The number of imidazole rings is 1. The van der Waals surface area contributed by atoms with Crippen molar-refractivity contribution in [1.82, 2.24) is 30.2 Å². The van der Waals surface area contributed by atoms with E-state index in [0.717, 1.165) is 29.0 Å². The van der Waals surface area contributed by atoms with E-state index in [1.165, 1.54) is 20.8 Å². The van der Waals surface area contributed by atoms with Gasteiger partial charge in [0.1, 0.15) is 36.3 Å². The molecule has 1 aliphatic heterocycles. The quantitative estimate of drug-likeness (QED) is 0.0435. The first-order chi connectivity index (χ1) is 23.5. The number of aliphatic hydroxyl groups is 2. The molecule has 2 aromatic heterocycles. The molecule has 0 saturated carbocycles. The smallest absolute Gasteiger partial charge is 0.756 e. The Bertz CT molecular complexity index is 1730. The van der Waals surface area contributed by atoms with Crippen molar-refractivity contribution in [2.24, 2.45) is 5.41 Å². The number of fused-ring (bicyclic) bond motifs is 1. The van der Waals surface area contributed by atoms with Crippen LogP contribution < -0.4 is 87.6 Å². The van der Waals surface area contributed by atoms with Crippen LogP contribution in [0.1, 0.15) is 33.4 Å². The van der Waals surface area contributed by atoms with Gasteiger partial charge in [-0.15, -0.1) is 0 Å².